The molecule has 0 saturated heterocycles. The van der Waals surface area contributed by atoms with Gasteiger partial charge in [0.15, 0.2) is 5.76 Å². The molecule has 1 aromatic carbocycles. The Bertz CT molecular complexity index is 711. The number of rotatable bonds is 3. The molecule has 5 nitrogen and oxygen atoms in total. The first kappa shape index (κ1) is 14.6. The number of fused-ring (bicyclic) bond motifs is 1. The molecule has 1 unspecified atom stereocenters. The minimum atomic E-state index is -0.303. The smallest absolute Gasteiger partial charge is 0.319 e. The Morgan fingerprint density at radius 3 is 3.09 bits per heavy atom. The molecule has 2 aromatic rings. The third-order valence-corrected chi connectivity index (χ3v) is 3.98. The molecule has 3 rings (SSSR count). The molecule has 2 N–H and O–H groups in total. The van der Waals surface area contributed by atoms with E-state index in [9.17, 15) is 9.18 Å². The minimum Gasteiger partial charge on any atom is -0.359 e. The van der Waals surface area contributed by atoms with E-state index in [0.29, 0.717) is 23.6 Å². The van der Waals surface area contributed by atoms with E-state index < -0.39 is 0 Å². The maximum absolute atomic E-state index is 13.2. The maximum atomic E-state index is 13.2. The summed E-state index contributed by atoms with van der Waals surface area (Å²) in [6.07, 6.45) is 2.20. The Balaban J connectivity index is 1.70. The highest BCUT2D eigenvalue weighted by Gasteiger charge is 2.25. The second kappa shape index (κ2) is 5.79. The molecule has 1 aromatic heterocycles. The van der Waals surface area contributed by atoms with Gasteiger partial charge in [-0.1, -0.05) is 18.1 Å². The lowest BCUT2D eigenvalue weighted by molar-refractivity contribution is 0.248. The van der Waals surface area contributed by atoms with Crippen LogP contribution in [0, 0.1) is 12.7 Å². The molecule has 0 bridgehead atoms. The van der Waals surface area contributed by atoms with Crippen molar-refractivity contribution in [3.05, 3.63) is 46.6 Å². The second-order valence-electron chi connectivity index (χ2n) is 5.45. The summed E-state index contributed by atoms with van der Waals surface area (Å²) in [5.74, 6) is 0.415. The number of halogens is 1. The van der Waals surface area contributed by atoms with Gasteiger partial charge in [-0.3, -0.25) is 0 Å². The Hall–Kier alpha value is -2.37. The van der Waals surface area contributed by atoms with Crippen molar-refractivity contribution >= 4 is 11.7 Å². The zero-order valence-electron chi connectivity index (χ0n) is 12.6. The van der Waals surface area contributed by atoms with Crippen LogP contribution in [0.2, 0.25) is 0 Å². The van der Waals surface area contributed by atoms with Crippen molar-refractivity contribution in [1.29, 1.82) is 0 Å². The zero-order valence-corrected chi connectivity index (χ0v) is 12.6. The fourth-order valence-electron chi connectivity index (χ4n) is 2.86. The van der Waals surface area contributed by atoms with E-state index in [1.54, 1.807) is 13.0 Å². The summed E-state index contributed by atoms with van der Waals surface area (Å²) in [6.45, 7) is 3.72. The van der Waals surface area contributed by atoms with Crippen LogP contribution < -0.4 is 10.6 Å². The summed E-state index contributed by atoms with van der Waals surface area (Å²) in [7, 11) is 0. The number of amides is 2. The van der Waals surface area contributed by atoms with Crippen LogP contribution in [0.5, 0.6) is 0 Å². The van der Waals surface area contributed by atoms with E-state index >= 15 is 0 Å². The second-order valence-corrected chi connectivity index (χ2v) is 5.45. The highest BCUT2D eigenvalue weighted by molar-refractivity contribution is 5.90. The van der Waals surface area contributed by atoms with Crippen LogP contribution in [0.15, 0.2) is 22.7 Å². The van der Waals surface area contributed by atoms with E-state index in [1.807, 2.05) is 6.92 Å². The van der Waals surface area contributed by atoms with Crippen molar-refractivity contribution in [3.8, 4) is 0 Å². The molecule has 6 heteroatoms. The summed E-state index contributed by atoms with van der Waals surface area (Å²) in [5, 5.41) is 9.59. The number of aryl methyl sites for hydroxylation is 3. The fourth-order valence-corrected chi connectivity index (χ4v) is 2.86. The van der Waals surface area contributed by atoms with E-state index in [2.05, 4.69) is 15.8 Å². The summed E-state index contributed by atoms with van der Waals surface area (Å²) < 4.78 is 18.4. The Labute approximate surface area is 127 Å². The lowest BCUT2D eigenvalue weighted by Gasteiger charge is -2.15. The molecular weight excluding hydrogens is 285 g/mol. The number of carbonyl (C=O) groups excluding carboxylic acids is 1. The van der Waals surface area contributed by atoms with Crippen LogP contribution in [0.1, 0.15) is 42.0 Å². The molecule has 0 aliphatic heterocycles. The molecule has 0 fully saturated rings. The summed E-state index contributed by atoms with van der Waals surface area (Å²) in [5.41, 5.74) is 3.22. The Morgan fingerprint density at radius 2 is 2.32 bits per heavy atom. The molecule has 1 aliphatic carbocycles. The first-order valence-corrected chi connectivity index (χ1v) is 7.39. The number of nitrogens with one attached hydrogen (secondary N) is 2. The molecule has 22 heavy (non-hydrogen) atoms. The summed E-state index contributed by atoms with van der Waals surface area (Å²) >= 11 is 0. The molecule has 0 spiro atoms. The van der Waals surface area contributed by atoms with Gasteiger partial charge in [-0.15, -0.1) is 0 Å². The molecule has 1 heterocycles. The van der Waals surface area contributed by atoms with Gasteiger partial charge >= 0.3 is 6.03 Å². The van der Waals surface area contributed by atoms with Crippen LogP contribution in [0.3, 0.4) is 0 Å². The van der Waals surface area contributed by atoms with E-state index in [0.717, 1.165) is 24.0 Å². The van der Waals surface area contributed by atoms with Crippen molar-refractivity contribution in [2.24, 2.45) is 0 Å². The zero-order chi connectivity index (χ0) is 15.7. The molecule has 116 valence electrons. The summed E-state index contributed by atoms with van der Waals surface area (Å²) in [4.78, 5) is 12.2. The predicted octanol–water partition coefficient (Wildman–Crippen LogP) is 3.49. The van der Waals surface area contributed by atoms with Crippen molar-refractivity contribution in [2.75, 3.05) is 5.32 Å². The minimum absolute atomic E-state index is 0.0964. The van der Waals surface area contributed by atoms with Gasteiger partial charge in [-0.05, 0) is 43.0 Å². The number of hydrogen-bond donors (Lipinski definition) is 2. The number of hydrogen-bond acceptors (Lipinski definition) is 3. The number of anilines is 1. The van der Waals surface area contributed by atoms with Crippen molar-refractivity contribution in [3.63, 3.8) is 0 Å². The standard InChI is InChI=1S/C16H18FN3O2/c1-3-14-15(9(2)20-22-14)19-16(21)18-13-7-4-10-8-11(17)5-6-12(10)13/h5-6,8,13H,3-4,7H2,1-2H3,(H2,18,19,21). The van der Waals surface area contributed by atoms with E-state index in [-0.39, 0.29) is 17.9 Å². The van der Waals surface area contributed by atoms with Gasteiger partial charge in [-0.2, -0.15) is 0 Å². The average molecular weight is 303 g/mol. The lowest BCUT2D eigenvalue weighted by atomic mass is 10.1. The van der Waals surface area contributed by atoms with Gasteiger partial charge in [-0.25, -0.2) is 9.18 Å². The van der Waals surface area contributed by atoms with Crippen molar-refractivity contribution < 1.29 is 13.7 Å². The van der Waals surface area contributed by atoms with E-state index in [4.69, 9.17) is 4.52 Å². The average Bonchev–Trinajstić information content (AvgIpc) is 3.03. The van der Waals surface area contributed by atoms with Gasteiger partial charge in [0.05, 0.1) is 6.04 Å². The van der Waals surface area contributed by atoms with Gasteiger partial charge < -0.3 is 15.2 Å². The van der Waals surface area contributed by atoms with Crippen LogP contribution in [0.4, 0.5) is 14.9 Å². The largest absolute Gasteiger partial charge is 0.359 e. The third-order valence-electron chi connectivity index (χ3n) is 3.98. The number of aromatic nitrogens is 1. The lowest BCUT2D eigenvalue weighted by Crippen LogP contribution is -2.31. The molecular formula is C16H18FN3O2. The normalized spacial score (nSPS) is 16.4. The first-order valence-electron chi connectivity index (χ1n) is 7.39. The third kappa shape index (κ3) is 2.68. The Morgan fingerprint density at radius 1 is 1.50 bits per heavy atom. The van der Waals surface area contributed by atoms with Gasteiger partial charge in [0.2, 0.25) is 0 Å². The molecule has 1 aliphatic rings. The monoisotopic (exact) mass is 303 g/mol. The SMILES string of the molecule is CCc1onc(C)c1NC(=O)NC1CCc2cc(F)ccc21. The first-order chi connectivity index (χ1) is 10.6. The fraction of sp³-hybridized carbons (Fsp3) is 0.375. The van der Waals surface area contributed by atoms with Crippen LogP contribution in [-0.2, 0) is 12.8 Å². The molecule has 2 amide bonds. The number of nitrogens with zero attached hydrogens (tertiary/aromatic N) is 1. The van der Waals surface area contributed by atoms with Crippen molar-refractivity contribution in [2.45, 2.75) is 39.2 Å². The van der Waals surface area contributed by atoms with Gasteiger partial charge in [0.25, 0.3) is 0 Å². The van der Waals surface area contributed by atoms with Crippen LogP contribution in [-0.4, -0.2) is 11.2 Å². The number of benzene rings is 1. The highest BCUT2D eigenvalue weighted by Crippen LogP contribution is 2.31. The molecule has 1 atom stereocenters. The number of urea groups is 1. The maximum Gasteiger partial charge on any atom is 0.319 e. The quantitative estimate of drug-likeness (QED) is 0.912. The highest BCUT2D eigenvalue weighted by atomic mass is 19.1. The van der Waals surface area contributed by atoms with Gasteiger partial charge in [0.1, 0.15) is 17.2 Å². The topological polar surface area (TPSA) is 67.2 Å². The van der Waals surface area contributed by atoms with Gasteiger partial charge in [0, 0.05) is 6.42 Å². The molecule has 0 saturated carbocycles. The number of carbonyl (C=O) groups is 1. The van der Waals surface area contributed by atoms with Crippen LogP contribution >= 0.6 is 0 Å². The predicted molar refractivity (Wildman–Crippen MR) is 80.2 cm³/mol. The molecule has 0 radical (unpaired) electrons. The van der Waals surface area contributed by atoms with Crippen LogP contribution in [0.25, 0.3) is 0 Å². The Kier molecular flexibility index (Phi) is 3.83. The van der Waals surface area contributed by atoms with Crippen molar-refractivity contribution in [1.82, 2.24) is 10.5 Å². The summed E-state index contributed by atoms with van der Waals surface area (Å²) in [6, 6.07) is 4.30. The van der Waals surface area contributed by atoms with E-state index in [1.165, 1.54) is 12.1 Å².